The molecule has 3 aromatic rings. The molecule has 0 fully saturated rings. The quantitative estimate of drug-likeness (QED) is 0.478. The van der Waals surface area contributed by atoms with Crippen LogP contribution in [0.5, 0.6) is 0 Å². The van der Waals surface area contributed by atoms with E-state index in [4.69, 9.17) is 4.43 Å². The van der Waals surface area contributed by atoms with Gasteiger partial charge in [-0.25, -0.2) is 0 Å². The number of nitrogens with zero attached hydrogens (tertiary/aromatic N) is 2. The van der Waals surface area contributed by atoms with E-state index in [1.807, 2.05) is 18.3 Å². The molecule has 0 saturated carbocycles. The zero-order valence-corrected chi connectivity index (χ0v) is 14.9. The Morgan fingerprint density at radius 3 is 2.43 bits per heavy atom. The van der Waals surface area contributed by atoms with Crippen molar-refractivity contribution in [3.63, 3.8) is 0 Å². The molecule has 0 bridgehead atoms. The fourth-order valence-electron chi connectivity index (χ4n) is 2.40. The summed E-state index contributed by atoms with van der Waals surface area (Å²) in [5.74, 6) is 0. The number of anilines is 2. The Kier molecular flexibility index (Phi) is 4.46. The van der Waals surface area contributed by atoms with Gasteiger partial charge in [-0.2, -0.15) is 0 Å². The lowest BCUT2D eigenvalue weighted by molar-refractivity contribution is 0.321. The van der Waals surface area contributed by atoms with Crippen molar-refractivity contribution in [1.82, 2.24) is 4.98 Å². The van der Waals surface area contributed by atoms with E-state index in [0.717, 1.165) is 22.3 Å². The Hall–Kier alpha value is -2.17. The molecule has 3 nitrogen and oxygen atoms in total. The highest BCUT2D eigenvalue weighted by Gasteiger charge is 2.18. The number of hydrogen-bond donors (Lipinski definition) is 0. The SMILES string of the molecule is C[Si](C)(C)OCN(c1ccccc1)c1ccc2ncccc2c1. The van der Waals surface area contributed by atoms with E-state index in [1.54, 1.807) is 0 Å². The molecule has 4 heteroatoms. The van der Waals surface area contributed by atoms with Crippen LogP contribution in [0.3, 0.4) is 0 Å². The molecule has 0 unspecified atom stereocenters. The van der Waals surface area contributed by atoms with E-state index in [0.29, 0.717) is 6.73 Å². The van der Waals surface area contributed by atoms with Crippen molar-refractivity contribution in [2.75, 3.05) is 11.6 Å². The van der Waals surface area contributed by atoms with Gasteiger partial charge in [0.2, 0.25) is 0 Å². The molecule has 0 aliphatic carbocycles. The van der Waals surface area contributed by atoms with Gasteiger partial charge in [0.1, 0.15) is 6.73 Å². The summed E-state index contributed by atoms with van der Waals surface area (Å²) in [5.41, 5.74) is 3.26. The van der Waals surface area contributed by atoms with Crippen molar-refractivity contribution in [3.8, 4) is 0 Å². The highest BCUT2D eigenvalue weighted by atomic mass is 28.4. The van der Waals surface area contributed by atoms with Gasteiger partial charge in [-0.1, -0.05) is 24.3 Å². The first-order valence-corrected chi connectivity index (χ1v) is 11.3. The van der Waals surface area contributed by atoms with Crippen LogP contribution in [0.2, 0.25) is 19.6 Å². The maximum atomic E-state index is 6.16. The van der Waals surface area contributed by atoms with Crippen LogP contribution in [0, 0.1) is 0 Å². The number of para-hydroxylation sites is 1. The molecule has 1 aromatic heterocycles. The summed E-state index contributed by atoms with van der Waals surface area (Å²) in [5, 5.41) is 1.14. The van der Waals surface area contributed by atoms with E-state index in [-0.39, 0.29) is 0 Å². The molecule has 0 aliphatic heterocycles. The van der Waals surface area contributed by atoms with Gasteiger partial charge in [0.15, 0.2) is 8.32 Å². The monoisotopic (exact) mass is 322 g/mol. The Balaban J connectivity index is 1.98. The molecule has 0 aliphatic rings. The van der Waals surface area contributed by atoms with E-state index in [9.17, 15) is 0 Å². The molecule has 0 amide bonds. The van der Waals surface area contributed by atoms with E-state index in [2.05, 4.69) is 78.1 Å². The molecular formula is C19H22N2OSi. The summed E-state index contributed by atoms with van der Waals surface area (Å²) in [7, 11) is -1.59. The van der Waals surface area contributed by atoms with Crippen molar-refractivity contribution in [2.24, 2.45) is 0 Å². The summed E-state index contributed by atoms with van der Waals surface area (Å²) in [4.78, 5) is 6.61. The van der Waals surface area contributed by atoms with Gasteiger partial charge in [0.25, 0.3) is 0 Å². The third-order valence-corrected chi connectivity index (χ3v) is 4.59. The van der Waals surface area contributed by atoms with Gasteiger partial charge in [-0.05, 0) is 56.0 Å². The highest BCUT2D eigenvalue weighted by Crippen LogP contribution is 2.28. The van der Waals surface area contributed by atoms with Crippen LogP contribution < -0.4 is 4.90 Å². The minimum absolute atomic E-state index is 0.561. The second-order valence-electron chi connectivity index (χ2n) is 6.53. The second kappa shape index (κ2) is 6.52. The van der Waals surface area contributed by atoms with Crippen LogP contribution in [-0.4, -0.2) is 20.0 Å². The van der Waals surface area contributed by atoms with Crippen LogP contribution in [0.15, 0.2) is 66.9 Å². The molecule has 0 atom stereocenters. The standard InChI is InChI=1S/C19H22N2OSi/c1-23(2,3)22-15-21(17-9-5-4-6-10-17)18-11-12-19-16(14-18)8-7-13-20-19/h4-14H,15H2,1-3H3. The summed E-state index contributed by atoms with van der Waals surface area (Å²) in [6, 6.07) is 20.8. The van der Waals surface area contributed by atoms with Crippen molar-refractivity contribution in [3.05, 3.63) is 66.9 Å². The average molecular weight is 322 g/mol. The fourth-order valence-corrected chi connectivity index (χ4v) is 2.91. The Labute approximate surface area is 138 Å². The van der Waals surface area contributed by atoms with Gasteiger partial charge in [-0.3, -0.25) is 4.98 Å². The zero-order chi connectivity index (χ0) is 16.3. The molecule has 23 heavy (non-hydrogen) atoms. The Bertz CT molecular complexity index is 784. The summed E-state index contributed by atoms with van der Waals surface area (Å²) in [6.45, 7) is 7.19. The first-order chi connectivity index (χ1) is 11.0. The van der Waals surface area contributed by atoms with Crippen molar-refractivity contribution in [1.29, 1.82) is 0 Å². The minimum Gasteiger partial charge on any atom is -0.400 e. The molecule has 0 radical (unpaired) electrons. The maximum Gasteiger partial charge on any atom is 0.186 e. The number of pyridine rings is 1. The molecule has 0 saturated heterocycles. The van der Waals surface area contributed by atoms with Gasteiger partial charge in [0.05, 0.1) is 5.52 Å². The van der Waals surface area contributed by atoms with E-state index >= 15 is 0 Å². The predicted octanol–water partition coefficient (Wildman–Crippen LogP) is 5.18. The number of benzene rings is 2. The molecule has 0 spiro atoms. The summed E-state index contributed by atoms with van der Waals surface area (Å²) < 4.78 is 6.16. The first-order valence-electron chi connectivity index (χ1n) is 7.84. The largest absolute Gasteiger partial charge is 0.400 e. The summed E-state index contributed by atoms with van der Waals surface area (Å²) in [6.07, 6.45) is 1.82. The van der Waals surface area contributed by atoms with Crippen LogP contribution in [0.1, 0.15) is 0 Å². The molecule has 118 valence electrons. The molecule has 0 N–H and O–H groups in total. The van der Waals surface area contributed by atoms with Gasteiger partial charge in [0, 0.05) is 23.0 Å². The van der Waals surface area contributed by atoms with Crippen LogP contribution in [0.25, 0.3) is 10.9 Å². The smallest absolute Gasteiger partial charge is 0.186 e. The second-order valence-corrected chi connectivity index (χ2v) is 11.0. The molecule has 3 rings (SSSR count). The average Bonchev–Trinajstić information content (AvgIpc) is 2.55. The molecular weight excluding hydrogens is 300 g/mol. The van der Waals surface area contributed by atoms with Crippen LogP contribution in [0.4, 0.5) is 11.4 Å². The molecule has 2 aromatic carbocycles. The maximum absolute atomic E-state index is 6.16. The summed E-state index contributed by atoms with van der Waals surface area (Å²) >= 11 is 0. The number of hydrogen-bond acceptors (Lipinski definition) is 3. The number of rotatable bonds is 5. The van der Waals surface area contributed by atoms with Gasteiger partial charge < -0.3 is 9.33 Å². The number of aromatic nitrogens is 1. The van der Waals surface area contributed by atoms with Crippen LogP contribution in [-0.2, 0) is 4.43 Å². The number of fused-ring (bicyclic) bond motifs is 1. The van der Waals surface area contributed by atoms with Gasteiger partial charge in [-0.15, -0.1) is 0 Å². The van der Waals surface area contributed by atoms with Crippen molar-refractivity contribution in [2.45, 2.75) is 19.6 Å². The van der Waals surface area contributed by atoms with Gasteiger partial charge >= 0.3 is 0 Å². The van der Waals surface area contributed by atoms with E-state index in [1.165, 1.54) is 0 Å². The zero-order valence-electron chi connectivity index (χ0n) is 13.9. The Morgan fingerprint density at radius 1 is 0.913 bits per heavy atom. The lowest BCUT2D eigenvalue weighted by Crippen LogP contribution is -2.32. The third kappa shape index (κ3) is 3.97. The predicted molar refractivity (Wildman–Crippen MR) is 99.6 cm³/mol. The highest BCUT2D eigenvalue weighted by molar-refractivity contribution is 6.69. The Morgan fingerprint density at radius 2 is 1.70 bits per heavy atom. The lowest BCUT2D eigenvalue weighted by Gasteiger charge is -2.29. The lowest BCUT2D eigenvalue weighted by atomic mass is 10.2. The van der Waals surface area contributed by atoms with Crippen molar-refractivity contribution >= 4 is 30.6 Å². The van der Waals surface area contributed by atoms with Crippen LogP contribution >= 0.6 is 0 Å². The molecule has 1 heterocycles. The third-order valence-electron chi connectivity index (χ3n) is 3.59. The topological polar surface area (TPSA) is 25.4 Å². The normalized spacial score (nSPS) is 11.6. The van der Waals surface area contributed by atoms with Crippen molar-refractivity contribution < 1.29 is 4.43 Å². The minimum atomic E-state index is -1.59. The first kappa shape index (κ1) is 15.7. The van der Waals surface area contributed by atoms with E-state index < -0.39 is 8.32 Å². The fraction of sp³-hybridized carbons (Fsp3) is 0.211.